The number of halogens is 1. The van der Waals surface area contributed by atoms with Crippen molar-refractivity contribution in [1.29, 1.82) is 0 Å². The van der Waals surface area contributed by atoms with E-state index >= 15 is 0 Å². The predicted octanol–water partition coefficient (Wildman–Crippen LogP) is 4.72. The Kier molecular flexibility index (Phi) is 4.78. The van der Waals surface area contributed by atoms with Gasteiger partial charge in [0.1, 0.15) is 0 Å². The summed E-state index contributed by atoms with van der Waals surface area (Å²) in [5.41, 5.74) is 1.52. The number of rotatable bonds is 4. The summed E-state index contributed by atoms with van der Waals surface area (Å²) in [6, 6.07) is 9.17. The van der Waals surface area contributed by atoms with Crippen LogP contribution in [0.4, 0.5) is 5.69 Å². The maximum absolute atomic E-state index is 12.1. The maximum Gasteiger partial charge on any atom is 0.248 e. The van der Waals surface area contributed by atoms with Gasteiger partial charge >= 0.3 is 0 Å². The van der Waals surface area contributed by atoms with Gasteiger partial charge in [-0.05, 0) is 30.7 Å². The van der Waals surface area contributed by atoms with Crippen LogP contribution in [0, 0.1) is 13.8 Å². The van der Waals surface area contributed by atoms with Gasteiger partial charge in [0.05, 0.1) is 10.6 Å². The summed E-state index contributed by atoms with van der Waals surface area (Å²) in [5, 5.41) is 7.34. The van der Waals surface area contributed by atoms with Crippen molar-refractivity contribution in [3.8, 4) is 10.7 Å². The molecule has 0 spiro atoms. The SMILES string of the molecule is Cc1nc(-c2cc(NC(=O)/C=C/c3ccccc3Cl)c(C)s2)no1. The molecule has 0 bridgehead atoms. The second-order valence-corrected chi connectivity index (χ2v) is 6.73. The molecule has 0 atom stereocenters. The van der Waals surface area contributed by atoms with Gasteiger partial charge in [-0.1, -0.05) is 35.0 Å². The molecule has 3 rings (SSSR count). The van der Waals surface area contributed by atoms with E-state index in [0.29, 0.717) is 16.7 Å². The largest absolute Gasteiger partial charge is 0.339 e. The van der Waals surface area contributed by atoms with Crippen LogP contribution in [0.1, 0.15) is 16.3 Å². The van der Waals surface area contributed by atoms with Crippen molar-refractivity contribution < 1.29 is 9.32 Å². The Morgan fingerprint density at radius 2 is 2.12 bits per heavy atom. The van der Waals surface area contributed by atoms with Crippen molar-refractivity contribution in [2.45, 2.75) is 13.8 Å². The van der Waals surface area contributed by atoms with Gasteiger partial charge in [0.25, 0.3) is 0 Å². The first-order valence-electron chi connectivity index (χ1n) is 7.17. The molecule has 7 heteroatoms. The Morgan fingerprint density at radius 1 is 1.33 bits per heavy atom. The molecule has 0 aliphatic carbocycles. The van der Waals surface area contributed by atoms with Crippen molar-refractivity contribution in [3.63, 3.8) is 0 Å². The highest BCUT2D eigenvalue weighted by Crippen LogP contribution is 2.32. The van der Waals surface area contributed by atoms with Crippen LogP contribution >= 0.6 is 22.9 Å². The number of hydrogen-bond acceptors (Lipinski definition) is 5. The van der Waals surface area contributed by atoms with Gasteiger partial charge in [-0.3, -0.25) is 4.79 Å². The molecule has 1 N–H and O–H groups in total. The Morgan fingerprint density at radius 3 is 2.83 bits per heavy atom. The first-order valence-corrected chi connectivity index (χ1v) is 8.37. The van der Waals surface area contributed by atoms with E-state index in [1.54, 1.807) is 19.1 Å². The molecule has 3 aromatic rings. The number of amides is 1. The van der Waals surface area contributed by atoms with E-state index in [-0.39, 0.29) is 5.91 Å². The van der Waals surface area contributed by atoms with Crippen molar-refractivity contribution in [2.75, 3.05) is 5.32 Å². The first kappa shape index (κ1) is 16.4. The molecule has 0 saturated carbocycles. The summed E-state index contributed by atoms with van der Waals surface area (Å²) in [5.74, 6) is 0.795. The van der Waals surface area contributed by atoms with Crippen molar-refractivity contribution in [2.24, 2.45) is 0 Å². The fraction of sp³-hybridized carbons (Fsp3) is 0.118. The molecule has 2 aromatic heterocycles. The summed E-state index contributed by atoms with van der Waals surface area (Å²) < 4.78 is 4.98. The molecule has 1 amide bonds. The quantitative estimate of drug-likeness (QED) is 0.684. The average Bonchev–Trinajstić information content (AvgIpc) is 3.13. The molecular weight excluding hydrogens is 346 g/mol. The van der Waals surface area contributed by atoms with Gasteiger partial charge in [0.2, 0.25) is 17.6 Å². The zero-order valence-corrected chi connectivity index (χ0v) is 14.6. The Hall–Kier alpha value is -2.44. The lowest BCUT2D eigenvalue weighted by atomic mass is 10.2. The number of benzene rings is 1. The van der Waals surface area contributed by atoms with Gasteiger partial charge in [-0.25, -0.2) is 0 Å². The number of hydrogen-bond donors (Lipinski definition) is 1. The third kappa shape index (κ3) is 3.72. The van der Waals surface area contributed by atoms with Crippen LogP contribution in [0.5, 0.6) is 0 Å². The zero-order valence-electron chi connectivity index (χ0n) is 13.0. The van der Waals surface area contributed by atoms with Gasteiger partial charge in [-0.2, -0.15) is 4.98 Å². The standard InChI is InChI=1S/C17H14ClN3O2S/c1-10-14(9-15(24-10)17-19-11(2)23-21-17)20-16(22)8-7-12-5-3-4-6-13(12)18/h3-9H,1-2H3,(H,20,22)/b8-7+. The van der Waals surface area contributed by atoms with Gasteiger partial charge in [0, 0.05) is 22.9 Å². The number of aryl methyl sites for hydroxylation is 2. The van der Waals surface area contributed by atoms with Gasteiger partial charge in [-0.15, -0.1) is 11.3 Å². The Balaban J connectivity index is 1.73. The highest BCUT2D eigenvalue weighted by atomic mass is 35.5. The fourth-order valence-electron chi connectivity index (χ4n) is 2.07. The molecule has 5 nitrogen and oxygen atoms in total. The second kappa shape index (κ2) is 6.98. The van der Waals surface area contributed by atoms with Crippen LogP contribution in [0.3, 0.4) is 0 Å². The fourth-order valence-corrected chi connectivity index (χ4v) is 3.17. The monoisotopic (exact) mass is 359 g/mol. The lowest BCUT2D eigenvalue weighted by Crippen LogP contribution is -2.07. The van der Waals surface area contributed by atoms with Crippen LogP contribution in [0.15, 0.2) is 40.9 Å². The lowest BCUT2D eigenvalue weighted by Gasteiger charge is -2.00. The van der Waals surface area contributed by atoms with Crippen LogP contribution in [-0.4, -0.2) is 16.0 Å². The Labute approximate surface area is 148 Å². The maximum atomic E-state index is 12.1. The predicted molar refractivity (Wildman–Crippen MR) is 96.2 cm³/mol. The van der Waals surface area contributed by atoms with Crippen LogP contribution in [0.2, 0.25) is 5.02 Å². The highest BCUT2D eigenvalue weighted by Gasteiger charge is 2.13. The number of carbonyl (C=O) groups excluding carboxylic acids is 1. The van der Waals surface area contributed by atoms with E-state index in [0.717, 1.165) is 21.0 Å². The van der Waals surface area contributed by atoms with E-state index in [1.807, 2.05) is 31.2 Å². The van der Waals surface area contributed by atoms with Crippen molar-refractivity contribution in [1.82, 2.24) is 10.1 Å². The summed E-state index contributed by atoms with van der Waals surface area (Å²) in [7, 11) is 0. The number of nitrogens with one attached hydrogen (secondary N) is 1. The summed E-state index contributed by atoms with van der Waals surface area (Å²) in [6.07, 6.45) is 3.14. The lowest BCUT2D eigenvalue weighted by molar-refractivity contribution is -0.111. The molecule has 0 aliphatic heterocycles. The van der Waals surface area contributed by atoms with E-state index in [1.165, 1.54) is 17.4 Å². The normalized spacial score (nSPS) is 11.1. The third-order valence-corrected chi connectivity index (χ3v) is 4.63. The van der Waals surface area contributed by atoms with E-state index in [2.05, 4.69) is 15.5 Å². The average molecular weight is 360 g/mol. The smallest absolute Gasteiger partial charge is 0.248 e. The van der Waals surface area contributed by atoms with Crippen LogP contribution in [-0.2, 0) is 4.79 Å². The molecule has 0 aliphatic rings. The van der Waals surface area contributed by atoms with Crippen LogP contribution < -0.4 is 5.32 Å². The number of nitrogens with zero attached hydrogens (tertiary/aromatic N) is 2. The summed E-state index contributed by atoms with van der Waals surface area (Å²) >= 11 is 7.56. The molecule has 24 heavy (non-hydrogen) atoms. The summed E-state index contributed by atoms with van der Waals surface area (Å²) in [4.78, 5) is 18.1. The van der Waals surface area contributed by atoms with Gasteiger partial charge < -0.3 is 9.84 Å². The van der Waals surface area contributed by atoms with E-state index in [4.69, 9.17) is 16.1 Å². The number of aromatic nitrogens is 2. The second-order valence-electron chi connectivity index (χ2n) is 5.06. The number of thiophene rings is 1. The molecule has 0 unspecified atom stereocenters. The van der Waals surface area contributed by atoms with E-state index < -0.39 is 0 Å². The summed E-state index contributed by atoms with van der Waals surface area (Å²) in [6.45, 7) is 3.66. The van der Waals surface area contributed by atoms with Gasteiger partial charge in [0.15, 0.2) is 0 Å². The minimum atomic E-state index is -0.230. The number of anilines is 1. The highest BCUT2D eigenvalue weighted by molar-refractivity contribution is 7.16. The molecule has 0 radical (unpaired) electrons. The zero-order chi connectivity index (χ0) is 17.1. The first-order chi connectivity index (χ1) is 11.5. The molecule has 0 saturated heterocycles. The van der Waals surface area contributed by atoms with E-state index in [9.17, 15) is 4.79 Å². The van der Waals surface area contributed by atoms with Crippen LogP contribution in [0.25, 0.3) is 16.8 Å². The minimum absolute atomic E-state index is 0.230. The minimum Gasteiger partial charge on any atom is -0.339 e. The molecule has 0 fully saturated rings. The molecule has 1 aromatic carbocycles. The van der Waals surface area contributed by atoms with Crippen molar-refractivity contribution in [3.05, 3.63) is 57.8 Å². The molecule has 2 heterocycles. The topological polar surface area (TPSA) is 68.0 Å². The van der Waals surface area contributed by atoms with Crippen molar-refractivity contribution >= 4 is 40.6 Å². The Bertz CT molecular complexity index is 914. The molecular formula is C17H14ClN3O2S. The number of carbonyl (C=O) groups is 1. The third-order valence-electron chi connectivity index (χ3n) is 3.24. The molecule has 122 valence electrons.